The highest BCUT2D eigenvalue weighted by atomic mass is 15.3. The van der Waals surface area contributed by atoms with Crippen molar-refractivity contribution in [2.75, 3.05) is 29.4 Å². The minimum atomic E-state index is 0.243. The highest BCUT2D eigenvalue weighted by Gasteiger charge is 2.49. The predicted octanol–water partition coefficient (Wildman–Crippen LogP) is 30.8. The van der Waals surface area contributed by atoms with Crippen molar-refractivity contribution >= 4 is 67.9 Å². The Labute approximate surface area is 836 Å². The molecule has 18 aromatic rings. The molecule has 6 atom stereocenters. The SMILES string of the molecule is C1=C2C(=CC1)N1c3ccccc3-n3cccc3C1c1ccccc12.C1=C2C(=CC1)n1cccc1C1c3ccccc3-c3ccccc3N21.C1=CC2=C(C1)N1c3ccccc3-c3ccccc3C1c1cccn12.C1=CC2=C(C1)N1c3ccccc3-n3cccc3C1c1ccccc12.C1=CC2=C(C1)c1ccccc1C1c3cccn3-c3ccccc3N21.C1=CC2=C(C1)n1cccc1C1c3ccccc3-c3ccccc3N21. The average Bonchev–Trinajstić information content (AvgIpc) is 1.49. The van der Waals surface area contributed by atoms with E-state index in [2.05, 4.69) is 531 Å². The number of anilines is 6. The lowest BCUT2D eigenvalue weighted by Gasteiger charge is -2.45. The maximum Gasteiger partial charge on any atom is 0.100 e. The molecular formula is C132H96N12. The second-order valence-electron chi connectivity index (χ2n) is 39.7. The van der Waals surface area contributed by atoms with Crippen LogP contribution in [0.5, 0.6) is 0 Å². The standard InChI is InChI=1S/6C22H16N2/c3*1-2-9-17-15(7-1)16-8-3-4-10-18(16)24-20-12-5-11-19(20)23-14-6-13-21(23)22(17)24;3*1-2-8-17-15(7-1)16-9-5-12-18(16)24-20-11-4-3-10-19(20)23-14-6-13-21(23)22(17)24/h1-4,6-14,22H,5H2;1-10,12-14,22H,11H2;1-11,13-14,22H,12H2;1-4,6-14,22H,5H2;1-8,10-14,22H,9H2;1-11,13-14,22H,12H2. The highest BCUT2D eigenvalue weighted by Crippen LogP contribution is 2.62. The molecule has 0 spiro atoms. The van der Waals surface area contributed by atoms with Gasteiger partial charge in [-0.25, -0.2) is 0 Å². The summed E-state index contributed by atoms with van der Waals surface area (Å²) in [4.78, 5) is 15.2. The Kier molecular flexibility index (Phi) is 17.8. The topological polar surface area (TPSA) is 49.0 Å². The van der Waals surface area contributed by atoms with Crippen molar-refractivity contribution in [3.63, 3.8) is 0 Å². The molecular weight excluding hydrogens is 1750 g/mol. The Balaban J connectivity index is 0.0000000788. The molecule has 6 aromatic heterocycles. The summed E-state index contributed by atoms with van der Waals surface area (Å²) in [5, 5.41) is 0. The molecule has 6 aliphatic carbocycles. The number of nitrogens with zero attached hydrogens (tertiary/aromatic N) is 12. The first-order valence-corrected chi connectivity index (χ1v) is 50.9. The maximum atomic E-state index is 2.56. The van der Waals surface area contributed by atoms with E-state index in [4.69, 9.17) is 0 Å². The van der Waals surface area contributed by atoms with Gasteiger partial charge in [0.1, 0.15) is 36.3 Å². The van der Waals surface area contributed by atoms with Gasteiger partial charge in [0.2, 0.25) is 0 Å². The maximum absolute atomic E-state index is 2.56. The van der Waals surface area contributed by atoms with Crippen molar-refractivity contribution in [1.29, 1.82) is 0 Å². The number of allylic oxidation sites excluding steroid dienone is 18. The molecule has 0 saturated heterocycles. The summed E-state index contributed by atoms with van der Waals surface area (Å²) in [6, 6.07) is 134. The molecule has 12 nitrogen and oxygen atoms in total. The van der Waals surface area contributed by atoms with Crippen LogP contribution in [0, 0.1) is 0 Å². The lowest BCUT2D eigenvalue weighted by molar-refractivity contribution is 0.689. The van der Waals surface area contributed by atoms with Gasteiger partial charge >= 0.3 is 0 Å². The number of fused-ring (bicyclic) bond motifs is 62. The summed E-state index contributed by atoms with van der Waals surface area (Å²) < 4.78 is 14.2. The zero-order valence-corrected chi connectivity index (χ0v) is 79.1. The molecule has 144 heavy (non-hydrogen) atoms. The quantitative estimate of drug-likeness (QED) is 0.151. The number of hydrogen-bond acceptors (Lipinski definition) is 6. The van der Waals surface area contributed by atoms with Gasteiger partial charge in [-0.15, -0.1) is 0 Å². The molecule has 12 aromatic carbocycles. The van der Waals surface area contributed by atoms with Gasteiger partial charge in [0, 0.05) is 124 Å². The molecule has 0 radical (unpaired) electrons. The third-order valence-corrected chi connectivity index (χ3v) is 32.7. The van der Waals surface area contributed by atoms with Gasteiger partial charge in [-0.1, -0.05) is 291 Å². The van der Waals surface area contributed by atoms with Crippen LogP contribution in [0.15, 0.2) is 508 Å². The zero-order chi connectivity index (χ0) is 94.0. The molecule has 0 fully saturated rings. The third kappa shape index (κ3) is 11.6. The van der Waals surface area contributed by atoms with Gasteiger partial charge in [0.25, 0.3) is 0 Å². The lowest BCUT2D eigenvalue weighted by atomic mass is 9.85. The molecule has 0 saturated carbocycles. The second-order valence-corrected chi connectivity index (χ2v) is 39.7. The summed E-state index contributed by atoms with van der Waals surface area (Å²) in [6.45, 7) is 0. The van der Waals surface area contributed by atoms with Crippen LogP contribution in [-0.4, -0.2) is 27.4 Å². The number of aromatic nitrogens is 6. The number of hydrogen-bond donors (Lipinski definition) is 0. The van der Waals surface area contributed by atoms with E-state index in [1.54, 1.807) is 0 Å². The van der Waals surface area contributed by atoms with Crippen LogP contribution in [0.4, 0.5) is 34.1 Å². The second kappa shape index (κ2) is 31.8. The molecule has 18 aliphatic rings. The lowest BCUT2D eigenvalue weighted by Crippen LogP contribution is -2.37. The molecule has 0 N–H and O–H groups in total. The van der Waals surface area contributed by atoms with E-state index in [0.717, 1.165) is 38.5 Å². The van der Waals surface area contributed by atoms with Gasteiger partial charge < -0.3 is 56.8 Å². The van der Waals surface area contributed by atoms with E-state index in [1.807, 2.05) is 0 Å². The van der Waals surface area contributed by atoms with Crippen LogP contribution in [0.1, 0.15) is 159 Å². The number of para-hydroxylation sites is 9. The van der Waals surface area contributed by atoms with E-state index in [-0.39, 0.29) is 36.3 Å². The fourth-order valence-corrected chi connectivity index (χ4v) is 27.1. The molecule has 0 bridgehead atoms. The first kappa shape index (κ1) is 80.9. The smallest absolute Gasteiger partial charge is 0.100 e. The third-order valence-electron chi connectivity index (χ3n) is 32.7. The Morgan fingerprint density at radius 1 is 0.181 bits per heavy atom. The van der Waals surface area contributed by atoms with Crippen LogP contribution < -0.4 is 29.4 Å². The summed E-state index contributed by atoms with van der Waals surface area (Å²) in [5.74, 6) is 0. The van der Waals surface area contributed by atoms with Crippen molar-refractivity contribution in [1.82, 2.24) is 27.4 Å². The molecule has 6 unspecified atom stereocenters. The van der Waals surface area contributed by atoms with Crippen LogP contribution in [0.25, 0.3) is 84.3 Å². The number of benzene rings is 12. The van der Waals surface area contributed by atoms with Crippen molar-refractivity contribution in [3.8, 4) is 50.4 Å². The van der Waals surface area contributed by atoms with Crippen molar-refractivity contribution in [3.05, 3.63) is 592 Å². The fraction of sp³-hybridized carbons (Fsp3) is 0.0909. The minimum Gasteiger partial charge on any atom is -0.329 e. The van der Waals surface area contributed by atoms with E-state index in [1.165, 1.54) is 237 Å². The van der Waals surface area contributed by atoms with E-state index in [9.17, 15) is 0 Å². The van der Waals surface area contributed by atoms with Crippen molar-refractivity contribution < 1.29 is 0 Å². The zero-order valence-electron chi connectivity index (χ0n) is 79.1. The van der Waals surface area contributed by atoms with Crippen LogP contribution >= 0.6 is 0 Å². The average molecular weight is 1850 g/mol. The Bertz CT molecular complexity index is 8950. The summed E-state index contributed by atoms with van der Waals surface area (Å²) in [6.07, 6.45) is 46.9. The van der Waals surface area contributed by atoms with Crippen molar-refractivity contribution in [2.45, 2.75) is 74.8 Å². The van der Waals surface area contributed by atoms with Gasteiger partial charge in [0.05, 0.1) is 96.8 Å². The summed E-state index contributed by atoms with van der Waals surface area (Å²) >= 11 is 0. The predicted molar refractivity (Wildman–Crippen MR) is 584 cm³/mol. The van der Waals surface area contributed by atoms with Gasteiger partial charge in [-0.05, 0) is 237 Å². The Morgan fingerprint density at radius 3 is 1.05 bits per heavy atom. The molecule has 36 rings (SSSR count). The largest absolute Gasteiger partial charge is 0.329 e. The summed E-state index contributed by atoms with van der Waals surface area (Å²) in [7, 11) is 0. The first-order valence-electron chi connectivity index (χ1n) is 50.9. The van der Waals surface area contributed by atoms with Gasteiger partial charge in [-0.3, -0.25) is 0 Å². The van der Waals surface area contributed by atoms with E-state index in [0.29, 0.717) is 0 Å². The van der Waals surface area contributed by atoms with Crippen LogP contribution in [-0.2, 0) is 0 Å². The van der Waals surface area contributed by atoms with Crippen LogP contribution in [0.3, 0.4) is 0 Å². The molecule has 684 valence electrons. The highest BCUT2D eigenvalue weighted by molar-refractivity contribution is 5.99. The monoisotopic (exact) mass is 1850 g/mol. The Morgan fingerprint density at radius 2 is 0.493 bits per heavy atom. The molecule has 12 heteroatoms. The molecule has 18 heterocycles. The summed E-state index contributed by atoms with van der Waals surface area (Å²) in [5.41, 5.74) is 56.8. The normalized spacial score (nSPS) is 19.5. The van der Waals surface area contributed by atoms with E-state index < -0.39 is 0 Å². The molecule has 12 aliphatic heterocycles. The molecule has 0 amide bonds. The van der Waals surface area contributed by atoms with Gasteiger partial charge in [-0.2, -0.15) is 0 Å². The van der Waals surface area contributed by atoms with E-state index >= 15 is 0 Å². The van der Waals surface area contributed by atoms with Crippen molar-refractivity contribution in [2.24, 2.45) is 0 Å². The fourth-order valence-electron chi connectivity index (χ4n) is 27.1. The minimum absolute atomic E-state index is 0.243. The van der Waals surface area contributed by atoms with Gasteiger partial charge in [0.15, 0.2) is 0 Å². The first-order chi connectivity index (χ1) is 71.6. The van der Waals surface area contributed by atoms with Crippen LogP contribution in [0.2, 0.25) is 0 Å². The number of rotatable bonds is 0. The Hall–Kier alpha value is -18.0.